The van der Waals surface area contributed by atoms with Gasteiger partial charge in [-0.2, -0.15) is 0 Å². The maximum Gasteiger partial charge on any atom is 0.335 e. The summed E-state index contributed by atoms with van der Waals surface area (Å²) < 4.78 is 0. The summed E-state index contributed by atoms with van der Waals surface area (Å²) in [6, 6.07) is 4.63. The van der Waals surface area contributed by atoms with Crippen LogP contribution in [0.3, 0.4) is 0 Å². The van der Waals surface area contributed by atoms with Gasteiger partial charge in [0.05, 0.1) is 11.5 Å². The molecule has 0 radical (unpaired) electrons. The first-order valence-corrected chi connectivity index (χ1v) is 6.70. The number of rotatable bonds is 6. The van der Waals surface area contributed by atoms with Crippen molar-refractivity contribution in [1.29, 1.82) is 0 Å². The van der Waals surface area contributed by atoms with Crippen LogP contribution in [0.15, 0.2) is 18.2 Å². The third-order valence-corrected chi connectivity index (χ3v) is 3.14. The number of nitrogens with two attached hydrogens (primary N) is 1. The van der Waals surface area contributed by atoms with Crippen molar-refractivity contribution in [2.75, 3.05) is 11.9 Å². The minimum absolute atomic E-state index is 0.118. The molecule has 0 fully saturated rings. The van der Waals surface area contributed by atoms with E-state index in [0.29, 0.717) is 18.2 Å². The van der Waals surface area contributed by atoms with Crippen LogP contribution in [0.2, 0.25) is 0 Å². The van der Waals surface area contributed by atoms with Crippen LogP contribution in [0.4, 0.5) is 5.69 Å². The average Bonchev–Trinajstić information content (AvgIpc) is 2.37. The molecule has 20 heavy (non-hydrogen) atoms. The van der Waals surface area contributed by atoms with Gasteiger partial charge in [0.15, 0.2) is 0 Å². The van der Waals surface area contributed by atoms with E-state index in [4.69, 9.17) is 10.8 Å². The third kappa shape index (κ3) is 4.35. The van der Waals surface area contributed by atoms with E-state index in [9.17, 15) is 9.59 Å². The standard InChI is InChI=1S/C15H22N2O3/c1-9(2)6-12(8-16)14(18)17-13-5-4-11(15(19)20)7-10(13)3/h4-5,7,9,12H,6,8,16H2,1-3H3,(H,17,18)(H,19,20). The Kier molecular flexibility index (Phi) is 5.70. The van der Waals surface area contributed by atoms with Crippen LogP contribution in [0.25, 0.3) is 0 Å². The van der Waals surface area contributed by atoms with Crippen molar-refractivity contribution < 1.29 is 14.7 Å². The summed E-state index contributed by atoms with van der Waals surface area (Å²) in [4.78, 5) is 23.0. The quantitative estimate of drug-likeness (QED) is 0.744. The molecule has 1 rings (SSSR count). The number of benzene rings is 1. The molecule has 1 aromatic carbocycles. The zero-order valence-electron chi connectivity index (χ0n) is 12.1. The van der Waals surface area contributed by atoms with Crippen molar-refractivity contribution >= 4 is 17.6 Å². The zero-order chi connectivity index (χ0) is 15.3. The van der Waals surface area contributed by atoms with Gasteiger partial charge in [-0.05, 0) is 43.0 Å². The van der Waals surface area contributed by atoms with E-state index in [1.54, 1.807) is 13.0 Å². The minimum Gasteiger partial charge on any atom is -0.478 e. The number of nitrogens with one attached hydrogen (secondary N) is 1. The smallest absolute Gasteiger partial charge is 0.335 e. The molecule has 1 amide bonds. The molecule has 0 saturated heterocycles. The lowest BCUT2D eigenvalue weighted by Gasteiger charge is -2.17. The van der Waals surface area contributed by atoms with Crippen LogP contribution in [0.1, 0.15) is 36.2 Å². The second-order valence-electron chi connectivity index (χ2n) is 5.39. The monoisotopic (exact) mass is 278 g/mol. The number of amides is 1. The summed E-state index contributed by atoms with van der Waals surface area (Å²) in [5, 5.41) is 11.7. The fraction of sp³-hybridized carbons (Fsp3) is 0.467. The lowest BCUT2D eigenvalue weighted by Crippen LogP contribution is -2.30. The van der Waals surface area contributed by atoms with E-state index in [1.807, 2.05) is 13.8 Å². The van der Waals surface area contributed by atoms with Crippen LogP contribution in [0.5, 0.6) is 0 Å². The van der Waals surface area contributed by atoms with Crippen molar-refractivity contribution in [3.05, 3.63) is 29.3 Å². The SMILES string of the molecule is Cc1cc(C(=O)O)ccc1NC(=O)C(CN)CC(C)C. The fourth-order valence-electron chi connectivity index (χ4n) is 2.05. The molecule has 110 valence electrons. The maximum atomic E-state index is 12.1. The number of hydrogen-bond acceptors (Lipinski definition) is 3. The van der Waals surface area contributed by atoms with Crippen molar-refractivity contribution in [1.82, 2.24) is 0 Å². The fourth-order valence-corrected chi connectivity index (χ4v) is 2.05. The molecular formula is C15H22N2O3. The number of carboxylic acid groups (broad SMARTS) is 1. The van der Waals surface area contributed by atoms with Gasteiger partial charge in [-0.3, -0.25) is 4.79 Å². The molecule has 0 aromatic heterocycles. The Labute approximate surface area is 119 Å². The molecule has 0 spiro atoms. The number of anilines is 1. The first-order valence-electron chi connectivity index (χ1n) is 6.70. The molecule has 4 N–H and O–H groups in total. The summed E-state index contributed by atoms with van der Waals surface area (Å²) in [5.41, 5.74) is 7.19. The Morgan fingerprint density at radius 2 is 2.00 bits per heavy atom. The van der Waals surface area contributed by atoms with E-state index >= 15 is 0 Å². The predicted molar refractivity (Wildman–Crippen MR) is 78.8 cm³/mol. The summed E-state index contributed by atoms with van der Waals surface area (Å²) in [6.45, 7) is 6.16. The Morgan fingerprint density at radius 3 is 2.45 bits per heavy atom. The molecule has 5 nitrogen and oxygen atoms in total. The van der Waals surface area contributed by atoms with Crippen LogP contribution in [0, 0.1) is 18.8 Å². The van der Waals surface area contributed by atoms with E-state index in [-0.39, 0.29) is 17.4 Å². The minimum atomic E-state index is -0.981. The highest BCUT2D eigenvalue weighted by molar-refractivity contribution is 5.94. The Balaban J connectivity index is 2.82. The zero-order valence-corrected chi connectivity index (χ0v) is 12.1. The number of aromatic carboxylic acids is 1. The van der Waals surface area contributed by atoms with Gasteiger partial charge in [0.1, 0.15) is 0 Å². The first-order chi connectivity index (χ1) is 9.35. The molecule has 0 bridgehead atoms. The van der Waals surface area contributed by atoms with Gasteiger partial charge in [0.2, 0.25) is 5.91 Å². The van der Waals surface area contributed by atoms with E-state index in [2.05, 4.69) is 5.32 Å². The summed E-state index contributed by atoms with van der Waals surface area (Å²) >= 11 is 0. The first kappa shape index (κ1) is 16.2. The van der Waals surface area contributed by atoms with Gasteiger partial charge in [-0.15, -0.1) is 0 Å². The number of carbonyl (C=O) groups is 2. The second-order valence-corrected chi connectivity index (χ2v) is 5.39. The predicted octanol–water partition coefficient (Wildman–Crippen LogP) is 2.25. The van der Waals surface area contributed by atoms with Crippen molar-refractivity contribution in [2.24, 2.45) is 17.6 Å². The Morgan fingerprint density at radius 1 is 1.35 bits per heavy atom. The molecule has 1 atom stereocenters. The highest BCUT2D eigenvalue weighted by Crippen LogP contribution is 2.19. The molecule has 1 aromatic rings. The Bertz CT molecular complexity index is 498. The van der Waals surface area contributed by atoms with Crippen LogP contribution in [-0.4, -0.2) is 23.5 Å². The van der Waals surface area contributed by atoms with Crippen LogP contribution in [-0.2, 0) is 4.79 Å². The maximum absolute atomic E-state index is 12.1. The average molecular weight is 278 g/mol. The van der Waals surface area contributed by atoms with E-state index in [0.717, 1.165) is 12.0 Å². The highest BCUT2D eigenvalue weighted by Gasteiger charge is 2.19. The van der Waals surface area contributed by atoms with Gasteiger partial charge in [-0.25, -0.2) is 4.79 Å². The summed E-state index contributed by atoms with van der Waals surface area (Å²) in [7, 11) is 0. The normalized spacial score (nSPS) is 12.2. The van der Waals surface area contributed by atoms with Gasteiger partial charge in [0, 0.05) is 12.2 Å². The van der Waals surface area contributed by atoms with Crippen molar-refractivity contribution in [2.45, 2.75) is 27.2 Å². The number of hydrogen-bond donors (Lipinski definition) is 3. The van der Waals surface area contributed by atoms with Crippen molar-refractivity contribution in [3.8, 4) is 0 Å². The lowest BCUT2D eigenvalue weighted by atomic mass is 9.96. The highest BCUT2D eigenvalue weighted by atomic mass is 16.4. The van der Waals surface area contributed by atoms with Gasteiger partial charge in [0.25, 0.3) is 0 Å². The molecule has 5 heteroatoms. The largest absolute Gasteiger partial charge is 0.478 e. The topological polar surface area (TPSA) is 92.4 Å². The van der Waals surface area contributed by atoms with Gasteiger partial charge >= 0.3 is 5.97 Å². The van der Waals surface area contributed by atoms with Gasteiger partial charge in [-0.1, -0.05) is 13.8 Å². The van der Waals surface area contributed by atoms with E-state index < -0.39 is 5.97 Å². The van der Waals surface area contributed by atoms with Gasteiger partial charge < -0.3 is 16.2 Å². The summed E-state index contributed by atoms with van der Waals surface area (Å²) in [6.07, 6.45) is 0.731. The third-order valence-electron chi connectivity index (χ3n) is 3.14. The van der Waals surface area contributed by atoms with E-state index in [1.165, 1.54) is 12.1 Å². The molecular weight excluding hydrogens is 256 g/mol. The summed E-state index contributed by atoms with van der Waals surface area (Å²) in [5.74, 6) is -0.934. The number of carbonyl (C=O) groups excluding carboxylic acids is 1. The second kappa shape index (κ2) is 7.05. The molecule has 0 aliphatic carbocycles. The molecule has 0 saturated carbocycles. The molecule has 0 aliphatic heterocycles. The molecule has 0 aliphatic rings. The van der Waals surface area contributed by atoms with Crippen LogP contribution >= 0.6 is 0 Å². The lowest BCUT2D eigenvalue weighted by molar-refractivity contribution is -0.120. The Hall–Kier alpha value is -1.88. The molecule has 0 heterocycles. The van der Waals surface area contributed by atoms with Crippen molar-refractivity contribution in [3.63, 3.8) is 0 Å². The number of carboxylic acids is 1. The van der Waals surface area contributed by atoms with Crippen LogP contribution < -0.4 is 11.1 Å². The molecule has 1 unspecified atom stereocenters. The number of aryl methyl sites for hydroxylation is 1.